The van der Waals surface area contributed by atoms with Crippen molar-refractivity contribution < 1.29 is 14.7 Å². The quantitative estimate of drug-likeness (QED) is 0.598. The lowest BCUT2D eigenvalue weighted by atomic mass is 9.96. The Morgan fingerprint density at radius 1 is 1.30 bits per heavy atom. The Hall–Kier alpha value is -1.40. The summed E-state index contributed by atoms with van der Waals surface area (Å²) in [5, 5.41) is 14.0. The molecular formula is C14H25N3O3. The molecule has 1 saturated carbocycles. The minimum atomic E-state index is -0.426. The topological polar surface area (TPSA) is 81.7 Å². The van der Waals surface area contributed by atoms with E-state index in [1.54, 1.807) is 11.0 Å². The Balaban J connectivity index is 2.28. The fourth-order valence-corrected chi connectivity index (χ4v) is 2.40. The zero-order valence-corrected chi connectivity index (χ0v) is 11.9. The lowest BCUT2D eigenvalue weighted by Crippen LogP contribution is -2.48. The molecule has 0 aromatic rings. The lowest BCUT2D eigenvalue weighted by molar-refractivity contribution is -0.121. The van der Waals surface area contributed by atoms with E-state index in [0.717, 1.165) is 25.7 Å². The van der Waals surface area contributed by atoms with Gasteiger partial charge in [0.1, 0.15) is 0 Å². The highest BCUT2D eigenvalue weighted by Crippen LogP contribution is 2.17. The van der Waals surface area contributed by atoms with Crippen molar-refractivity contribution in [1.82, 2.24) is 15.5 Å². The smallest absolute Gasteiger partial charge is 0.321 e. The average Bonchev–Trinajstić information content (AvgIpc) is 2.40. The Kier molecular flexibility index (Phi) is 7.91. The molecule has 0 aliphatic heterocycles. The van der Waals surface area contributed by atoms with Crippen molar-refractivity contribution in [3.8, 4) is 0 Å². The molecule has 0 radical (unpaired) electrons. The molecule has 114 valence electrons. The number of carbonyl (C=O) groups excluding carboxylic acids is 2. The van der Waals surface area contributed by atoms with Gasteiger partial charge in [-0.15, -0.1) is 6.58 Å². The van der Waals surface area contributed by atoms with Gasteiger partial charge in [-0.2, -0.15) is 0 Å². The van der Waals surface area contributed by atoms with Crippen molar-refractivity contribution in [3.05, 3.63) is 12.7 Å². The fourth-order valence-electron chi connectivity index (χ4n) is 2.40. The summed E-state index contributed by atoms with van der Waals surface area (Å²) in [7, 11) is 0. The molecule has 3 amide bonds. The molecule has 6 heteroatoms. The Morgan fingerprint density at radius 2 is 2.00 bits per heavy atom. The standard InChI is InChI=1S/C14H25N3O3/c1-2-8-17(9-10-18)11-13(19)16-14(20)15-12-6-4-3-5-7-12/h2,12,18H,1,3-11H2,(H2,15,16,19,20). The molecule has 0 bridgehead atoms. The van der Waals surface area contributed by atoms with Crippen LogP contribution in [0.25, 0.3) is 0 Å². The van der Waals surface area contributed by atoms with Crippen molar-refractivity contribution in [2.45, 2.75) is 38.1 Å². The number of nitrogens with zero attached hydrogens (tertiary/aromatic N) is 1. The number of aliphatic hydroxyl groups is 1. The first-order valence-electron chi connectivity index (χ1n) is 7.20. The van der Waals surface area contributed by atoms with E-state index in [9.17, 15) is 9.59 Å². The first-order chi connectivity index (χ1) is 9.65. The summed E-state index contributed by atoms with van der Waals surface area (Å²) >= 11 is 0. The van der Waals surface area contributed by atoms with Crippen LogP contribution in [0, 0.1) is 0 Å². The first-order valence-corrected chi connectivity index (χ1v) is 7.20. The molecule has 6 nitrogen and oxygen atoms in total. The third kappa shape index (κ3) is 6.68. The molecule has 0 spiro atoms. The van der Waals surface area contributed by atoms with Gasteiger partial charge in [-0.05, 0) is 12.8 Å². The third-order valence-corrected chi connectivity index (χ3v) is 3.36. The van der Waals surface area contributed by atoms with Crippen LogP contribution in [0.3, 0.4) is 0 Å². The van der Waals surface area contributed by atoms with E-state index in [0.29, 0.717) is 13.1 Å². The molecule has 1 fully saturated rings. The minimum absolute atomic E-state index is 0.0324. The molecule has 0 saturated heterocycles. The molecular weight excluding hydrogens is 258 g/mol. The number of carbonyl (C=O) groups is 2. The molecule has 0 heterocycles. The van der Waals surface area contributed by atoms with Gasteiger partial charge in [0.15, 0.2) is 0 Å². The van der Waals surface area contributed by atoms with Crippen LogP contribution < -0.4 is 10.6 Å². The van der Waals surface area contributed by atoms with Crippen LogP contribution in [-0.4, -0.2) is 54.2 Å². The summed E-state index contributed by atoms with van der Waals surface area (Å²) < 4.78 is 0. The Labute approximate surface area is 120 Å². The number of rotatable bonds is 7. The Bertz CT molecular complexity index is 328. The number of aliphatic hydroxyl groups excluding tert-OH is 1. The summed E-state index contributed by atoms with van der Waals surface area (Å²) in [6.07, 6.45) is 7.09. The summed E-state index contributed by atoms with van der Waals surface area (Å²) in [6.45, 7) is 4.51. The second-order valence-corrected chi connectivity index (χ2v) is 5.10. The SMILES string of the molecule is C=CCN(CCO)CC(=O)NC(=O)NC1CCCCC1. The van der Waals surface area contributed by atoms with Crippen molar-refractivity contribution in [3.63, 3.8) is 0 Å². The van der Waals surface area contributed by atoms with E-state index in [2.05, 4.69) is 17.2 Å². The van der Waals surface area contributed by atoms with Crippen molar-refractivity contribution in [2.75, 3.05) is 26.2 Å². The molecule has 1 aliphatic carbocycles. The monoisotopic (exact) mass is 283 g/mol. The molecule has 1 rings (SSSR count). The number of imide groups is 1. The maximum atomic E-state index is 11.7. The fraction of sp³-hybridized carbons (Fsp3) is 0.714. The third-order valence-electron chi connectivity index (χ3n) is 3.36. The second-order valence-electron chi connectivity index (χ2n) is 5.10. The van der Waals surface area contributed by atoms with Crippen molar-refractivity contribution in [2.24, 2.45) is 0 Å². The van der Waals surface area contributed by atoms with Gasteiger partial charge in [0.2, 0.25) is 5.91 Å². The van der Waals surface area contributed by atoms with Crippen LogP contribution >= 0.6 is 0 Å². The van der Waals surface area contributed by atoms with Gasteiger partial charge in [-0.25, -0.2) is 4.79 Å². The number of amides is 3. The zero-order chi connectivity index (χ0) is 14.8. The molecule has 0 aromatic heterocycles. The molecule has 0 aromatic carbocycles. The first kappa shape index (κ1) is 16.7. The van der Waals surface area contributed by atoms with E-state index in [1.165, 1.54) is 6.42 Å². The molecule has 3 N–H and O–H groups in total. The van der Waals surface area contributed by atoms with E-state index in [-0.39, 0.29) is 25.1 Å². The van der Waals surface area contributed by atoms with Crippen LogP contribution in [0.4, 0.5) is 4.79 Å². The van der Waals surface area contributed by atoms with Crippen LogP contribution in [0.2, 0.25) is 0 Å². The summed E-state index contributed by atoms with van der Waals surface area (Å²) in [4.78, 5) is 25.1. The van der Waals surface area contributed by atoms with Gasteiger partial charge in [-0.1, -0.05) is 25.3 Å². The summed E-state index contributed by atoms with van der Waals surface area (Å²) in [6, 6.07) is -0.247. The largest absolute Gasteiger partial charge is 0.395 e. The molecule has 20 heavy (non-hydrogen) atoms. The zero-order valence-electron chi connectivity index (χ0n) is 11.9. The van der Waals surface area contributed by atoms with Gasteiger partial charge < -0.3 is 10.4 Å². The normalized spacial score (nSPS) is 15.9. The van der Waals surface area contributed by atoms with Crippen LogP contribution in [0.1, 0.15) is 32.1 Å². The van der Waals surface area contributed by atoms with Gasteiger partial charge in [0, 0.05) is 19.1 Å². The average molecular weight is 283 g/mol. The molecule has 0 unspecified atom stereocenters. The highest BCUT2D eigenvalue weighted by molar-refractivity contribution is 5.95. The van der Waals surface area contributed by atoms with E-state index in [4.69, 9.17) is 5.11 Å². The van der Waals surface area contributed by atoms with Crippen LogP contribution in [0.5, 0.6) is 0 Å². The minimum Gasteiger partial charge on any atom is -0.395 e. The highest BCUT2D eigenvalue weighted by atomic mass is 16.3. The van der Waals surface area contributed by atoms with Crippen molar-refractivity contribution >= 4 is 11.9 Å². The van der Waals surface area contributed by atoms with Gasteiger partial charge in [0.25, 0.3) is 0 Å². The lowest BCUT2D eigenvalue weighted by Gasteiger charge is -2.23. The Morgan fingerprint density at radius 3 is 2.60 bits per heavy atom. The molecule has 0 atom stereocenters. The second kappa shape index (κ2) is 9.50. The maximum absolute atomic E-state index is 11.7. The number of hydrogen-bond acceptors (Lipinski definition) is 4. The summed E-state index contributed by atoms with van der Waals surface area (Å²) in [5.74, 6) is -0.367. The van der Waals surface area contributed by atoms with Crippen LogP contribution in [0.15, 0.2) is 12.7 Å². The molecule has 1 aliphatic rings. The number of nitrogens with one attached hydrogen (secondary N) is 2. The highest BCUT2D eigenvalue weighted by Gasteiger charge is 2.17. The van der Waals surface area contributed by atoms with Crippen molar-refractivity contribution in [1.29, 1.82) is 0 Å². The van der Waals surface area contributed by atoms with E-state index < -0.39 is 6.03 Å². The van der Waals surface area contributed by atoms with E-state index >= 15 is 0 Å². The maximum Gasteiger partial charge on any atom is 0.321 e. The number of urea groups is 1. The van der Waals surface area contributed by atoms with Crippen LogP contribution in [-0.2, 0) is 4.79 Å². The van der Waals surface area contributed by atoms with Gasteiger partial charge >= 0.3 is 6.03 Å². The predicted octanol–water partition coefficient (Wildman–Crippen LogP) is 0.625. The van der Waals surface area contributed by atoms with Gasteiger partial charge in [-0.3, -0.25) is 15.0 Å². The predicted molar refractivity (Wildman–Crippen MR) is 77.3 cm³/mol. The van der Waals surface area contributed by atoms with Gasteiger partial charge in [0.05, 0.1) is 13.2 Å². The number of hydrogen-bond donors (Lipinski definition) is 3. The summed E-state index contributed by atoms with van der Waals surface area (Å²) in [5.41, 5.74) is 0. The van der Waals surface area contributed by atoms with E-state index in [1.807, 2.05) is 0 Å².